The van der Waals surface area contributed by atoms with Crippen molar-refractivity contribution in [1.29, 1.82) is 0 Å². The third-order valence-electron chi connectivity index (χ3n) is 5.29. The van der Waals surface area contributed by atoms with E-state index >= 15 is 0 Å². The van der Waals surface area contributed by atoms with Crippen molar-refractivity contribution in [3.8, 4) is 0 Å². The maximum absolute atomic E-state index is 12.9. The molecule has 0 bridgehead atoms. The van der Waals surface area contributed by atoms with Gasteiger partial charge in [0.25, 0.3) is 0 Å². The van der Waals surface area contributed by atoms with Crippen LogP contribution in [-0.4, -0.2) is 4.40 Å². The Morgan fingerprint density at radius 3 is 2.56 bits per heavy atom. The van der Waals surface area contributed by atoms with E-state index in [1.807, 2.05) is 6.07 Å². The monoisotopic (exact) mass is 574 g/mol. The minimum atomic E-state index is -0.125. The molecule has 2 nitrogen and oxygen atoms in total. The molecular formula is C21H20BrIrNO-2. The number of hydrogen-bond donors (Lipinski definition) is 0. The summed E-state index contributed by atoms with van der Waals surface area (Å²) in [7, 11) is 0. The zero-order chi connectivity index (χ0) is 17.4. The first kappa shape index (κ1) is 18.8. The molecule has 0 amide bonds. The van der Waals surface area contributed by atoms with Crippen LogP contribution in [0.5, 0.6) is 0 Å². The Kier molecular flexibility index (Phi) is 4.34. The van der Waals surface area contributed by atoms with Crippen molar-refractivity contribution in [2.75, 3.05) is 0 Å². The number of aryl methyl sites for hydroxylation is 1. The molecular weight excluding hydrogens is 554 g/mol. The van der Waals surface area contributed by atoms with Crippen molar-refractivity contribution in [3.63, 3.8) is 0 Å². The summed E-state index contributed by atoms with van der Waals surface area (Å²) in [6.45, 7) is 10.8. The zero-order valence-corrected chi connectivity index (χ0v) is 19.0. The topological polar surface area (TPSA) is 21.5 Å². The van der Waals surface area contributed by atoms with Gasteiger partial charge in [-0.1, -0.05) is 66.7 Å². The summed E-state index contributed by atoms with van der Waals surface area (Å²) in [5.74, 6) is 0. The summed E-state index contributed by atoms with van der Waals surface area (Å²) in [4.78, 5) is 12.9. The molecule has 4 heteroatoms. The van der Waals surface area contributed by atoms with E-state index in [2.05, 4.69) is 79.3 Å². The van der Waals surface area contributed by atoms with Crippen molar-refractivity contribution in [3.05, 3.63) is 62.0 Å². The Hall–Kier alpha value is -0.961. The largest absolute Gasteiger partial charge is 0.395 e. The summed E-state index contributed by atoms with van der Waals surface area (Å²) in [6, 6.07) is 10.5. The number of halogens is 1. The smallest absolute Gasteiger partial charge is 0.0661 e. The Morgan fingerprint density at radius 2 is 1.88 bits per heavy atom. The van der Waals surface area contributed by atoms with Crippen LogP contribution in [0.3, 0.4) is 0 Å². The molecule has 0 atom stereocenters. The maximum Gasteiger partial charge on any atom is 0.0661 e. The van der Waals surface area contributed by atoms with Gasteiger partial charge in [-0.25, -0.2) is 11.5 Å². The Labute approximate surface area is 170 Å². The molecule has 0 saturated carbocycles. The van der Waals surface area contributed by atoms with Gasteiger partial charge < -0.3 is 9.20 Å². The summed E-state index contributed by atoms with van der Waals surface area (Å²) in [5.41, 5.74) is 3.85. The van der Waals surface area contributed by atoms with Crippen molar-refractivity contribution in [2.24, 2.45) is 0 Å². The van der Waals surface area contributed by atoms with Gasteiger partial charge in [-0.3, -0.25) is 0 Å². The Balaban J connectivity index is 0.00000182. The second kappa shape index (κ2) is 5.77. The first-order chi connectivity index (χ1) is 11.1. The van der Waals surface area contributed by atoms with Crippen LogP contribution >= 0.6 is 15.9 Å². The van der Waals surface area contributed by atoms with Crippen LogP contribution in [0.4, 0.5) is 0 Å². The summed E-state index contributed by atoms with van der Waals surface area (Å²) in [6.07, 6.45) is 3.04. The van der Waals surface area contributed by atoms with E-state index in [-0.39, 0.29) is 36.4 Å². The predicted molar refractivity (Wildman–Crippen MR) is 102 cm³/mol. The Morgan fingerprint density at radius 1 is 1.20 bits per heavy atom. The quantitative estimate of drug-likeness (QED) is 0.271. The number of pyridine rings is 2. The number of benzene rings is 1. The van der Waals surface area contributed by atoms with E-state index < -0.39 is 0 Å². The molecule has 25 heavy (non-hydrogen) atoms. The third kappa shape index (κ3) is 2.57. The maximum atomic E-state index is 12.9. The molecule has 0 saturated heterocycles. The van der Waals surface area contributed by atoms with Crippen molar-refractivity contribution >= 4 is 32.2 Å². The van der Waals surface area contributed by atoms with Gasteiger partial charge >= 0.3 is 0 Å². The van der Waals surface area contributed by atoms with Gasteiger partial charge in [0.2, 0.25) is 0 Å². The molecule has 4 rings (SSSR count). The second-order valence-electron chi connectivity index (χ2n) is 8.23. The Bertz CT molecular complexity index is 1080. The minimum Gasteiger partial charge on any atom is -0.395 e. The van der Waals surface area contributed by atoms with E-state index in [1.54, 1.807) is 0 Å². The van der Waals surface area contributed by atoms with Crippen molar-refractivity contribution in [1.82, 2.24) is 4.40 Å². The van der Waals surface area contributed by atoms with Crippen molar-refractivity contribution in [2.45, 2.75) is 51.9 Å². The first-order valence-corrected chi connectivity index (χ1v) is 9.05. The summed E-state index contributed by atoms with van der Waals surface area (Å²) < 4.78 is 3.21. The zero-order valence-electron chi connectivity index (χ0n) is 15.0. The van der Waals surface area contributed by atoms with Crippen LogP contribution in [0, 0.1) is 19.1 Å². The van der Waals surface area contributed by atoms with Gasteiger partial charge in [0.05, 0.1) is 5.43 Å². The molecule has 1 aliphatic carbocycles. The average molecular weight is 575 g/mol. The molecule has 0 aliphatic heterocycles. The molecule has 2 heterocycles. The van der Waals surface area contributed by atoms with E-state index in [0.29, 0.717) is 0 Å². The van der Waals surface area contributed by atoms with Crippen LogP contribution in [0.15, 0.2) is 27.6 Å². The molecule has 2 aromatic heterocycles. The van der Waals surface area contributed by atoms with Gasteiger partial charge in [-0.15, -0.1) is 16.5 Å². The van der Waals surface area contributed by atoms with Gasteiger partial charge in [0.1, 0.15) is 0 Å². The van der Waals surface area contributed by atoms with Crippen LogP contribution < -0.4 is 5.43 Å². The summed E-state index contributed by atoms with van der Waals surface area (Å²) in [5, 5.41) is 2.01. The number of nitrogens with zero attached hydrogens (tertiary/aromatic N) is 1. The second-order valence-corrected chi connectivity index (χ2v) is 9.02. The molecule has 133 valence electrons. The number of fused-ring (bicyclic) bond motifs is 5. The van der Waals surface area contributed by atoms with E-state index in [0.717, 1.165) is 44.0 Å². The van der Waals surface area contributed by atoms with Crippen molar-refractivity contribution < 1.29 is 20.1 Å². The summed E-state index contributed by atoms with van der Waals surface area (Å²) >= 11 is 3.67. The van der Waals surface area contributed by atoms with Crippen LogP contribution in [0.25, 0.3) is 16.3 Å². The van der Waals surface area contributed by atoms with Crippen LogP contribution in [-0.2, 0) is 30.9 Å². The van der Waals surface area contributed by atoms with E-state index in [1.165, 1.54) is 0 Å². The number of rotatable bonds is 0. The molecule has 1 aromatic carbocycles. The molecule has 0 N–H and O–H groups in total. The third-order valence-corrected chi connectivity index (χ3v) is 6.34. The van der Waals surface area contributed by atoms with Crippen LogP contribution in [0.1, 0.15) is 50.9 Å². The van der Waals surface area contributed by atoms with Gasteiger partial charge in [-0.2, -0.15) is 12.1 Å². The standard InChI is InChI=1S/C21H20BrNO.Ir/c1-12-6-7-13-14(18(12)22)8-9-23-15(13)10-16(24)17-19(23)21(4,5)11-20(17,2)3;/h6,8-9H,11H2,1-5H3;/q-2;. The normalized spacial score (nSPS) is 17.5. The fraction of sp³-hybridized carbons (Fsp3) is 0.381. The molecule has 1 radical (unpaired) electrons. The average Bonchev–Trinajstić information content (AvgIpc) is 2.68. The first-order valence-electron chi connectivity index (χ1n) is 8.25. The fourth-order valence-corrected chi connectivity index (χ4v) is 5.06. The van der Waals surface area contributed by atoms with Gasteiger partial charge in [-0.05, 0) is 29.1 Å². The predicted octanol–water partition coefficient (Wildman–Crippen LogP) is 5.08. The molecule has 0 fully saturated rings. The number of hydrogen-bond acceptors (Lipinski definition) is 1. The molecule has 0 unspecified atom stereocenters. The minimum absolute atomic E-state index is 0. The van der Waals surface area contributed by atoms with E-state index in [9.17, 15) is 4.79 Å². The molecule has 0 spiro atoms. The SMILES string of the molecule is Cc1c[c-]c2c(ccn3c4c(c(=O)[c-]c23)C(C)(C)CC4(C)C)c1Br.[Ir]. The number of aromatic nitrogens is 1. The van der Waals surface area contributed by atoms with Gasteiger partial charge in [0, 0.05) is 20.1 Å². The molecule has 1 aliphatic rings. The van der Waals surface area contributed by atoms with E-state index in [4.69, 9.17) is 0 Å². The molecule has 3 aromatic rings. The fourth-order valence-electron chi connectivity index (χ4n) is 4.62. The van der Waals surface area contributed by atoms with Crippen LogP contribution in [0.2, 0.25) is 0 Å². The van der Waals surface area contributed by atoms with Gasteiger partial charge in [0.15, 0.2) is 0 Å².